The van der Waals surface area contributed by atoms with Gasteiger partial charge in [0.1, 0.15) is 11.7 Å². The minimum atomic E-state index is -0.423. The van der Waals surface area contributed by atoms with Crippen molar-refractivity contribution in [2.24, 2.45) is 23.7 Å². The molecule has 2 heterocycles. The molecular formula is C116H176Cl4N4O6. The molecule has 2 aliphatic heterocycles. The van der Waals surface area contributed by atoms with Gasteiger partial charge in [0.05, 0.1) is 48.9 Å². The highest BCUT2D eigenvalue weighted by molar-refractivity contribution is 6.57. The first-order chi connectivity index (χ1) is 63.7. The van der Waals surface area contributed by atoms with Crippen LogP contribution in [0.25, 0.3) is 43.1 Å². The van der Waals surface area contributed by atoms with Crippen molar-refractivity contribution >= 4 is 124 Å². The lowest BCUT2D eigenvalue weighted by Crippen LogP contribution is -2.41. The Kier molecular flexibility index (Phi) is 51.8. The van der Waals surface area contributed by atoms with Crippen LogP contribution in [0.1, 0.15) is 498 Å². The monoisotopic (exact) mass is 1860 g/mol. The summed E-state index contributed by atoms with van der Waals surface area (Å²) in [7, 11) is 0. The second-order valence-electron chi connectivity index (χ2n) is 39.9. The van der Waals surface area contributed by atoms with Gasteiger partial charge in [0.15, 0.2) is 23.0 Å². The van der Waals surface area contributed by atoms with Gasteiger partial charge in [-0.05, 0) is 124 Å². The molecule has 0 radical (unpaired) electrons. The number of rotatable bonds is 78. The Morgan fingerprint density at radius 2 is 0.415 bits per heavy atom. The molecule has 0 aliphatic carbocycles. The number of halogens is 4. The molecule has 4 unspecified atom stereocenters. The molecule has 0 aromatic heterocycles. The maximum Gasteiger partial charge on any atom is 0.264 e. The molecule has 10 nitrogen and oxygen atoms in total. The molecule has 7 aromatic rings. The number of nitrogens with zero attached hydrogens (tertiary/aromatic N) is 2. The Labute approximate surface area is 810 Å². The average Bonchev–Trinajstić information content (AvgIpc) is 0.673. The van der Waals surface area contributed by atoms with E-state index in [0.29, 0.717) is 150 Å². The minimum Gasteiger partial charge on any atom is -0.489 e. The summed E-state index contributed by atoms with van der Waals surface area (Å²) in [6.45, 7) is 20.5. The van der Waals surface area contributed by atoms with Gasteiger partial charge in [0.2, 0.25) is 0 Å². The topological polar surface area (TPSA) is 125 Å². The molecule has 4 atom stereocenters. The van der Waals surface area contributed by atoms with Crippen LogP contribution in [-0.2, 0) is 0 Å². The van der Waals surface area contributed by atoms with E-state index in [2.05, 4.69) is 55.4 Å². The Balaban J connectivity index is 1.06. The summed E-state index contributed by atoms with van der Waals surface area (Å²) in [5.74, 6) is 3.05. The molecule has 2 amide bonds. The number of unbranched alkanes of at least 4 members (excludes halogenated alkanes) is 48. The maximum absolute atomic E-state index is 16.0. The summed E-state index contributed by atoms with van der Waals surface area (Å²) in [5.41, 5.74) is 2.45. The predicted octanol–water partition coefficient (Wildman–Crippen LogP) is 39.4. The molecule has 0 saturated carbocycles. The summed E-state index contributed by atoms with van der Waals surface area (Å²) < 4.78 is 28.5. The molecule has 0 fully saturated rings. The molecule has 7 aromatic carbocycles. The number of carbonyl (C=O) groups excluding carboxylic acids is 2. The zero-order valence-corrected chi connectivity index (χ0v) is 86.0. The molecule has 0 spiro atoms. The van der Waals surface area contributed by atoms with Crippen molar-refractivity contribution in [1.82, 2.24) is 0 Å². The standard InChI is InChI=1S/C116H176Cl4N4O6/c1-9-17-25-33-41-45-53-61-67-87(65-57-49-37-29-21-13-5)83-127-101-75-73-91(77-103(101)129-85-89(69-59-51-39-31-23-15-7)71-63-55-47-43-35-27-19-11-3)123-113(121)93-79-97(117)107-110-100(120)82-96-106-94(80-98(118)108(112(106)110)109-99(119)81-95(115(123)125)105(93)111(107)109)114(122)124(116(96)126)92-74-76-102(128-84-88(66-58-50-38-30-22-14-6)68-62-54-46-42-34-26-18-10-2)104(78-92)130-86-90(70-60-52-40-32-24-16-8)72-64-56-48-44-36-28-20-12-4/h73-82,87-90,121-122H,9-72,83-86H2,1-8H3. The van der Waals surface area contributed by atoms with Crippen molar-refractivity contribution < 1.29 is 28.5 Å². The van der Waals surface area contributed by atoms with Gasteiger partial charge in [-0.1, -0.05) is 461 Å². The lowest BCUT2D eigenvalue weighted by atomic mass is 9.81. The highest BCUT2D eigenvalue weighted by Gasteiger charge is 2.40. The molecule has 14 heteroatoms. The number of fused-ring (bicyclic) bond motifs is 2. The second-order valence-corrected chi connectivity index (χ2v) is 41.5. The van der Waals surface area contributed by atoms with Gasteiger partial charge in [0.25, 0.3) is 11.8 Å². The largest absolute Gasteiger partial charge is 0.489 e. The molecule has 130 heavy (non-hydrogen) atoms. The average molecular weight is 1860 g/mol. The van der Waals surface area contributed by atoms with E-state index in [1.807, 2.05) is 36.4 Å². The van der Waals surface area contributed by atoms with E-state index < -0.39 is 11.8 Å². The fourth-order valence-corrected chi connectivity index (χ4v) is 22.1. The third-order valence-electron chi connectivity index (χ3n) is 28.9. The maximum atomic E-state index is 16.0. The van der Waals surface area contributed by atoms with Crippen molar-refractivity contribution in [2.45, 2.75) is 466 Å². The number of benzene rings is 7. The van der Waals surface area contributed by atoms with Crippen LogP contribution >= 0.6 is 46.4 Å². The Morgan fingerprint density at radius 1 is 0.231 bits per heavy atom. The normalized spacial score (nSPS) is 13.8. The van der Waals surface area contributed by atoms with Gasteiger partial charge in [-0.25, -0.2) is 0 Å². The number of ether oxygens (including phenoxy) is 4. The van der Waals surface area contributed by atoms with Gasteiger partial charge in [-0.15, -0.1) is 0 Å². The fourth-order valence-electron chi connectivity index (χ4n) is 20.9. The van der Waals surface area contributed by atoms with E-state index in [1.54, 1.807) is 24.3 Å². The number of carbonyl (C=O) groups is 2. The lowest BCUT2D eigenvalue weighted by molar-refractivity contribution is 0.0994. The van der Waals surface area contributed by atoms with E-state index in [-0.39, 0.29) is 31.8 Å². The van der Waals surface area contributed by atoms with Crippen LogP contribution < -0.4 is 28.7 Å². The van der Waals surface area contributed by atoms with E-state index >= 15 is 9.59 Å². The summed E-state index contributed by atoms with van der Waals surface area (Å²) >= 11 is 31.3. The molecule has 2 aliphatic rings. The summed E-state index contributed by atoms with van der Waals surface area (Å²) in [6.07, 6.45) is 79.7. The third kappa shape index (κ3) is 33.4. The van der Waals surface area contributed by atoms with Crippen molar-refractivity contribution in [1.29, 1.82) is 10.8 Å². The Bertz CT molecular complexity index is 4030. The van der Waals surface area contributed by atoms with Crippen LogP contribution in [0, 0.1) is 34.5 Å². The number of hydrogen-bond donors (Lipinski definition) is 2. The molecule has 0 saturated heterocycles. The quantitative estimate of drug-likeness (QED) is 0.0222. The summed E-state index contributed by atoms with van der Waals surface area (Å²) in [5, 5.41) is 26.0. The third-order valence-corrected chi connectivity index (χ3v) is 30.1. The van der Waals surface area contributed by atoms with Gasteiger partial charge in [-0.3, -0.25) is 30.2 Å². The molecule has 9 rings (SSSR count). The number of hydrogen-bond acceptors (Lipinski definition) is 8. The van der Waals surface area contributed by atoms with Crippen molar-refractivity contribution in [3.63, 3.8) is 0 Å². The minimum absolute atomic E-state index is 0.0482. The predicted molar refractivity (Wildman–Crippen MR) is 565 cm³/mol. The van der Waals surface area contributed by atoms with Gasteiger partial charge in [-0.2, -0.15) is 0 Å². The SMILES string of the molecule is CCCCCCCCCCC(CCCCCCCC)COc1ccc(N2C(=N)c3cc(Cl)c4c5c(Cl)cc6c7c(cc(Cl)c(c8c(Cl)cc(c3c48)C2=O)c75)C(=N)N(c2ccc(OCC(CCCCCCCC)CCCCCCCCCC)c(OCC(CCCCCCCC)CCCCCCCCCC)c2)C6=O)cc1OCC(CCCCCCCC)CCCCCCCCCC. The van der Waals surface area contributed by atoms with Crippen LogP contribution in [0.4, 0.5) is 11.4 Å². The number of amidine groups is 2. The molecule has 2 N–H and O–H groups in total. The number of anilines is 2. The highest BCUT2D eigenvalue weighted by atomic mass is 35.5. The summed E-state index contributed by atoms with van der Waals surface area (Å²) in [6, 6.07) is 18.6. The lowest BCUT2D eigenvalue weighted by Gasteiger charge is -2.33. The van der Waals surface area contributed by atoms with E-state index in [0.717, 1.165) is 51.4 Å². The zero-order chi connectivity index (χ0) is 92.5. The van der Waals surface area contributed by atoms with Crippen LogP contribution in [0.2, 0.25) is 20.1 Å². The van der Waals surface area contributed by atoms with Crippen LogP contribution in [-0.4, -0.2) is 49.9 Å². The van der Waals surface area contributed by atoms with Gasteiger partial charge >= 0.3 is 0 Å². The molecular weight excluding hydrogens is 1690 g/mol. The first-order valence-corrected chi connectivity index (χ1v) is 55.8. The van der Waals surface area contributed by atoms with Crippen molar-refractivity contribution in [3.05, 3.63) is 103 Å². The van der Waals surface area contributed by atoms with Gasteiger partial charge < -0.3 is 18.9 Å². The first-order valence-electron chi connectivity index (χ1n) is 54.3. The highest BCUT2D eigenvalue weighted by Crippen LogP contribution is 2.55. The Morgan fingerprint density at radius 3 is 0.623 bits per heavy atom. The number of amides is 2. The Hall–Kier alpha value is -5.52. The number of nitrogens with one attached hydrogen (secondary N) is 2. The smallest absolute Gasteiger partial charge is 0.264 e. The second kappa shape index (κ2) is 62.3. The molecule has 0 bridgehead atoms. The van der Waals surface area contributed by atoms with E-state index in [9.17, 15) is 10.8 Å². The summed E-state index contributed by atoms with van der Waals surface area (Å²) in [4.78, 5) is 35.0. The van der Waals surface area contributed by atoms with Crippen molar-refractivity contribution in [2.75, 3.05) is 36.2 Å². The van der Waals surface area contributed by atoms with E-state index in [1.165, 1.54) is 369 Å². The van der Waals surface area contributed by atoms with E-state index in [4.69, 9.17) is 65.4 Å². The van der Waals surface area contributed by atoms with Crippen LogP contribution in [0.15, 0.2) is 60.7 Å². The fraction of sp³-hybridized carbons (Fsp3) is 0.690. The first kappa shape index (κ1) is 108. The van der Waals surface area contributed by atoms with Crippen LogP contribution in [0.5, 0.6) is 23.0 Å². The molecule has 724 valence electrons. The van der Waals surface area contributed by atoms with Crippen molar-refractivity contribution in [3.8, 4) is 23.0 Å². The van der Waals surface area contributed by atoms with Crippen LogP contribution in [0.3, 0.4) is 0 Å². The van der Waals surface area contributed by atoms with Gasteiger partial charge in [0, 0.05) is 86.4 Å². The zero-order valence-electron chi connectivity index (χ0n) is 83.0.